The minimum Gasteiger partial charge on any atom is -0.353 e. The van der Waals surface area contributed by atoms with Crippen LogP contribution in [0.4, 0.5) is 0 Å². The van der Waals surface area contributed by atoms with Gasteiger partial charge in [-0.1, -0.05) is 0 Å². The van der Waals surface area contributed by atoms with E-state index in [1.807, 2.05) is 18.2 Å². The van der Waals surface area contributed by atoms with Gasteiger partial charge in [0.2, 0.25) is 5.91 Å². The summed E-state index contributed by atoms with van der Waals surface area (Å²) in [5, 5.41) is 6.11. The van der Waals surface area contributed by atoms with E-state index in [4.69, 9.17) is 5.73 Å². The molecule has 1 fully saturated rings. The fourth-order valence-corrected chi connectivity index (χ4v) is 3.79. The van der Waals surface area contributed by atoms with Gasteiger partial charge in [0.05, 0.1) is 15.7 Å². The molecule has 0 aliphatic heterocycles. The molecule has 24 heavy (non-hydrogen) atoms. The minimum absolute atomic E-state index is 0.0165. The van der Waals surface area contributed by atoms with Crippen LogP contribution in [0, 0.1) is 0 Å². The number of rotatable bonds is 5. The van der Waals surface area contributed by atoms with Crippen molar-refractivity contribution in [3.8, 4) is 0 Å². The lowest BCUT2D eigenvalue weighted by molar-refractivity contribution is -0.121. The molecule has 6 nitrogen and oxygen atoms in total. The third-order valence-corrected chi connectivity index (χ3v) is 5.18. The second kappa shape index (κ2) is 7.72. The number of aromatic nitrogens is 1. The molecule has 7 heteroatoms. The van der Waals surface area contributed by atoms with Gasteiger partial charge in [0.15, 0.2) is 0 Å². The van der Waals surface area contributed by atoms with Gasteiger partial charge in [-0.05, 0) is 43.9 Å². The van der Waals surface area contributed by atoms with Gasteiger partial charge in [-0.15, -0.1) is 11.3 Å². The molecule has 0 unspecified atom stereocenters. The van der Waals surface area contributed by atoms with Gasteiger partial charge in [-0.25, -0.2) is 4.98 Å². The average Bonchev–Trinajstić information content (AvgIpc) is 3.04. The van der Waals surface area contributed by atoms with E-state index >= 15 is 0 Å². The third-order valence-electron chi connectivity index (χ3n) is 4.39. The highest BCUT2D eigenvalue weighted by atomic mass is 32.1. The lowest BCUT2D eigenvalue weighted by Gasteiger charge is -2.29. The largest absolute Gasteiger partial charge is 0.353 e. The maximum atomic E-state index is 12.4. The Kier molecular flexibility index (Phi) is 5.42. The number of fused-ring (bicyclic) bond motifs is 1. The number of hydrogen-bond acceptors (Lipinski definition) is 5. The van der Waals surface area contributed by atoms with Crippen molar-refractivity contribution in [3.63, 3.8) is 0 Å². The molecule has 0 bridgehead atoms. The molecular formula is C17H22N4O2S. The first-order chi connectivity index (χ1) is 11.7. The topological polar surface area (TPSA) is 97.1 Å². The lowest BCUT2D eigenvalue weighted by atomic mass is 9.91. The average molecular weight is 346 g/mol. The van der Waals surface area contributed by atoms with Crippen LogP contribution in [0.1, 0.15) is 42.5 Å². The Labute approximate surface area is 144 Å². The van der Waals surface area contributed by atoms with Crippen molar-refractivity contribution in [2.45, 2.75) is 44.2 Å². The summed E-state index contributed by atoms with van der Waals surface area (Å²) in [6, 6.07) is 5.95. The second-order valence-electron chi connectivity index (χ2n) is 6.16. The molecule has 4 N–H and O–H groups in total. The maximum Gasteiger partial charge on any atom is 0.251 e. The van der Waals surface area contributed by atoms with Crippen LogP contribution in [0.2, 0.25) is 0 Å². The van der Waals surface area contributed by atoms with Gasteiger partial charge in [0.1, 0.15) is 0 Å². The van der Waals surface area contributed by atoms with Crippen LogP contribution in [-0.2, 0) is 4.79 Å². The van der Waals surface area contributed by atoms with Gasteiger partial charge in [-0.2, -0.15) is 0 Å². The molecule has 1 aromatic carbocycles. The van der Waals surface area contributed by atoms with Crippen LogP contribution in [-0.4, -0.2) is 35.4 Å². The molecule has 0 spiro atoms. The summed E-state index contributed by atoms with van der Waals surface area (Å²) in [4.78, 5) is 28.2. The van der Waals surface area contributed by atoms with Crippen molar-refractivity contribution >= 4 is 33.4 Å². The van der Waals surface area contributed by atoms with E-state index in [-0.39, 0.29) is 23.9 Å². The van der Waals surface area contributed by atoms with E-state index in [9.17, 15) is 9.59 Å². The normalized spacial score (nSPS) is 20.7. The molecule has 1 aliphatic rings. The van der Waals surface area contributed by atoms with Crippen LogP contribution in [0.5, 0.6) is 0 Å². The Morgan fingerprint density at radius 2 is 1.88 bits per heavy atom. The minimum atomic E-state index is -0.0408. The summed E-state index contributed by atoms with van der Waals surface area (Å²) >= 11 is 1.53. The Bertz CT molecular complexity index is 722. The zero-order chi connectivity index (χ0) is 16.9. The van der Waals surface area contributed by atoms with Crippen molar-refractivity contribution in [1.29, 1.82) is 0 Å². The molecule has 0 radical (unpaired) electrons. The van der Waals surface area contributed by atoms with Crippen LogP contribution in [0.15, 0.2) is 23.7 Å². The van der Waals surface area contributed by atoms with Gasteiger partial charge in [-0.3, -0.25) is 9.59 Å². The predicted molar refractivity (Wildman–Crippen MR) is 94.9 cm³/mol. The molecule has 1 aliphatic carbocycles. The van der Waals surface area contributed by atoms with Crippen molar-refractivity contribution in [2.24, 2.45) is 5.73 Å². The zero-order valence-electron chi connectivity index (χ0n) is 13.5. The SMILES string of the molecule is NCCC(=O)NC1CCC(NC(=O)c2ccc3ncsc3c2)CC1. The van der Waals surface area contributed by atoms with Crippen LogP contribution in [0.3, 0.4) is 0 Å². The molecule has 2 amide bonds. The molecule has 0 saturated heterocycles. The molecule has 1 heterocycles. The summed E-state index contributed by atoms with van der Waals surface area (Å²) in [5.74, 6) is -0.0243. The first-order valence-electron chi connectivity index (χ1n) is 8.29. The number of carbonyl (C=O) groups excluding carboxylic acids is 2. The predicted octanol–water partition coefficient (Wildman–Crippen LogP) is 1.80. The number of benzene rings is 1. The molecular weight excluding hydrogens is 324 g/mol. The lowest BCUT2D eigenvalue weighted by Crippen LogP contribution is -2.44. The third kappa shape index (κ3) is 4.10. The molecule has 2 aromatic rings. The zero-order valence-corrected chi connectivity index (χ0v) is 14.3. The van der Waals surface area contributed by atoms with Crippen molar-refractivity contribution in [2.75, 3.05) is 6.54 Å². The fourth-order valence-electron chi connectivity index (χ4n) is 3.08. The number of nitrogens with one attached hydrogen (secondary N) is 2. The van der Waals surface area contributed by atoms with E-state index in [2.05, 4.69) is 15.6 Å². The summed E-state index contributed by atoms with van der Waals surface area (Å²) in [5.41, 5.74) is 8.76. The Hall–Kier alpha value is -1.99. The summed E-state index contributed by atoms with van der Waals surface area (Å²) < 4.78 is 1.02. The van der Waals surface area contributed by atoms with E-state index < -0.39 is 0 Å². The van der Waals surface area contributed by atoms with E-state index in [0.717, 1.165) is 35.9 Å². The Morgan fingerprint density at radius 3 is 2.58 bits per heavy atom. The highest BCUT2D eigenvalue weighted by molar-refractivity contribution is 7.16. The van der Waals surface area contributed by atoms with Crippen molar-refractivity contribution < 1.29 is 9.59 Å². The maximum absolute atomic E-state index is 12.4. The number of nitrogens with two attached hydrogens (primary N) is 1. The summed E-state index contributed by atoms with van der Waals surface area (Å²) in [7, 11) is 0. The van der Waals surface area contributed by atoms with Gasteiger partial charge < -0.3 is 16.4 Å². The quantitative estimate of drug-likeness (QED) is 0.769. The fraction of sp³-hybridized carbons (Fsp3) is 0.471. The van der Waals surface area contributed by atoms with Crippen molar-refractivity contribution in [3.05, 3.63) is 29.3 Å². The van der Waals surface area contributed by atoms with E-state index in [1.54, 1.807) is 5.51 Å². The van der Waals surface area contributed by atoms with Gasteiger partial charge >= 0.3 is 0 Å². The number of thiazole rings is 1. The van der Waals surface area contributed by atoms with Crippen LogP contribution in [0.25, 0.3) is 10.2 Å². The number of amides is 2. The van der Waals surface area contributed by atoms with Crippen molar-refractivity contribution in [1.82, 2.24) is 15.6 Å². The smallest absolute Gasteiger partial charge is 0.251 e. The second-order valence-corrected chi connectivity index (χ2v) is 7.05. The van der Waals surface area contributed by atoms with Crippen LogP contribution >= 0.6 is 11.3 Å². The highest BCUT2D eigenvalue weighted by Gasteiger charge is 2.23. The summed E-state index contributed by atoms with van der Waals surface area (Å²) in [6.45, 7) is 0.376. The Morgan fingerprint density at radius 1 is 1.17 bits per heavy atom. The molecule has 0 atom stereocenters. The monoisotopic (exact) mass is 346 g/mol. The molecule has 1 aromatic heterocycles. The van der Waals surface area contributed by atoms with E-state index in [1.165, 1.54) is 11.3 Å². The number of carbonyl (C=O) groups is 2. The Balaban J connectivity index is 1.50. The number of hydrogen-bond donors (Lipinski definition) is 3. The molecule has 3 rings (SSSR count). The standard InChI is InChI=1S/C17H22N4O2S/c18-8-7-16(22)20-12-2-4-13(5-3-12)21-17(23)11-1-6-14-15(9-11)24-10-19-14/h1,6,9-10,12-13H,2-5,7-8,18H2,(H,20,22)(H,21,23). The molecule has 128 valence electrons. The van der Waals surface area contributed by atoms with Gasteiger partial charge in [0.25, 0.3) is 5.91 Å². The van der Waals surface area contributed by atoms with Gasteiger partial charge in [0, 0.05) is 30.6 Å². The summed E-state index contributed by atoms with van der Waals surface area (Å²) in [6.07, 6.45) is 3.89. The number of nitrogens with zero attached hydrogens (tertiary/aromatic N) is 1. The van der Waals surface area contributed by atoms with E-state index in [0.29, 0.717) is 18.5 Å². The van der Waals surface area contributed by atoms with Crippen LogP contribution < -0.4 is 16.4 Å². The molecule has 1 saturated carbocycles. The first kappa shape index (κ1) is 16.9. The first-order valence-corrected chi connectivity index (χ1v) is 9.17. The highest BCUT2D eigenvalue weighted by Crippen LogP contribution is 2.21.